The summed E-state index contributed by atoms with van der Waals surface area (Å²) in [5, 5.41) is 11.8. The lowest BCUT2D eigenvalue weighted by atomic mass is 9.95. The zero-order valence-corrected chi connectivity index (χ0v) is 11.7. The minimum absolute atomic E-state index is 0.205. The first-order valence-corrected chi connectivity index (χ1v) is 7.99. The first-order valence-electron chi connectivity index (χ1n) is 6.26. The summed E-state index contributed by atoms with van der Waals surface area (Å²) in [5.74, 6) is -1.36. The van der Waals surface area contributed by atoms with Crippen LogP contribution in [0.25, 0.3) is 0 Å². The van der Waals surface area contributed by atoms with E-state index in [4.69, 9.17) is 5.11 Å². The minimum Gasteiger partial charge on any atom is -0.481 e. The number of carbonyl (C=O) groups excluding carboxylic acids is 1. The van der Waals surface area contributed by atoms with Gasteiger partial charge < -0.3 is 10.4 Å². The second-order valence-electron chi connectivity index (χ2n) is 4.87. The molecule has 0 aliphatic heterocycles. The van der Waals surface area contributed by atoms with Crippen LogP contribution in [0.15, 0.2) is 0 Å². The highest BCUT2D eigenvalue weighted by atomic mass is 32.2. The van der Waals surface area contributed by atoms with Crippen LogP contribution in [0.4, 0.5) is 0 Å². The largest absolute Gasteiger partial charge is 0.481 e. The monoisotopic (exact) mass is 275 g/mol. The molecule has 2 N–H and O–H groups in total. The number of carboxylic acids is 1. The van der Waals surface area contributed by atoms with E-state index in [2.05, 4.69) is 5.32 Å². The van der Waals surface area contributed by atoms with E-state index < -0.39 is 28.6 Å². The van der Waals surface area contributed by atoms with E-state index in [1.54, 1.807) is 6.26 Å². The fourth-order valence-corrected chi connectivity index (χ4v) is 2.88. The van der Waals surface area contributed by atoms with Gasteiger partial charge in [-0.2, -0.15) is 0 Å². The molecule has 0 bridgehead atoms. The van der Waals surface area contributed by atoms with Gasteiger partial charge in [-0.15, -0.1) is 0 Å². The van der Waals surface area contributed by atoms with Gasteiger partial charge in [0, 0.05) is 29.4 Å². The molecule has 4 atom stereocenters. The van der Waals surface area contributed by atoms with Crippen molar-refractivity contribution >= 4 is 22.7 Å². The van der Waals surface area contributed by atoms with Crippen molar-refractivity contribution in [3.8, 4) is 0 Å². The van der Waals surface area contributed by atoms with Gasteiger partial charge in [0.05, 0.1) is 11.8 Å². The van der Waals surface area contributed by atoms with Crippen molar-refractivity contribution in [2.45, 2.75) is 26.2 Å². The Morgan fingerprint density at radius 1 is 1.33 bits per heavy atom. The number of hydrogen-bond acceptors (Lipinski definition) is 3. The summed E-state index contributed by atoms with van der Waals surface area (Å²) in [6, 6.07) is 0. The molecule has 2 unspecified atom stereocenters. The summed E-state index contributed by atoms with van der Waals surface area (Å²) in [6.45, 7) is 2.37. The summed E-state index contributed by atoms with van der Waals surface area (Å²) < 4.78 is 10.9. The van der Waals surface area contributed by atoms with Gasteiger partial charge in [0.15, 0.2) is 0 Å². The van der Waals surface area contributed by atoms with E-state index in [1.807, 2.05) is 6.92 Å². The molecule has 18 heavy (non-hydrogen) atoms. The number of nitrogens with one attached hydrogen (secondary N) is 1. The number of carboxylic acid groups (broad SMARTS) is 1. The van der Waals surface area contributed by atoms with Gasteiger partial charge in [0.1, 0.15) is 0 Å². The number of hydrogen-bond donors (Lipinski definition) is 2. The van der Waals surface area contributed by atoms with Crippen molar-refractivity contribution in [2.75, 3.05) is 18.6 Å². The van der Waals surface area contributed by atoms with Crippen LogP contribution in [0.1, 0.15) is 26.2 Å². The van der Waals surface area contributed by atoms with Gasteiger partial charge in [0.25, 0.3) is 0 Å². The quantitative estimate of drug-likeness (QED) is 0.744. The van der Waals surface area contributed by atoms with Gasteiger partial charge in [-0.1, -0.05) is 13.3 Å². The minimum atomic E-state index is -0.941. The Hall–Kier alpha value is -0.910. The lowest BCUT2D eigenvalue weighted by Crippen LogP contribution is -2.37. The zero-order chi connectivity index (χ0) is 13.7. The maximum absolute atomic E-state index is 11.9. The van der Waals surface area contributed by atoms with E-state index in [0.717, 1.165) is 6.42 Å². The summed E-state index contributed by atoms with van der Waals surface area (Å²) in [4.78, 5) is 23.1. The fraction of sp³-hybridized carbons (Fsp3) is 0.833. The van der Waals surface area contributed by atoms with Gasteiger partial charge in [-0.05, 0) is 18.8 Å². The van der Waals surface area contributed by atoms with E-state index in [0.29, 0.717) is 31.1 Å². The summed E-state index contributed by atoms with van der Waals surface area (Å²) in [6.07, 6.45) is 3.72. The smallest absolute Gasteiger partial charge is 0.307 e. The van der Waals surface area contributed by atoms with E-state index >= 15 is 0 Å². The summed E-state index contributed by atoms with van der Waals surface area (Å²) in [7, 11) is -0.941. The van der Waals surface area contributed by atoms with Crippen molar-refractivity contribution in [3.63, 3.8) is 0 Å². The van der Waals surface area contributed by atoms with Gasteiger partial charge in [-0.25, -0.2) is 0 Å². The van der Waals surface area contributed by atoms with Gasteiger partial charge in [-0.3, -0.25) is 13.8 Å². The first kappa shape index (κ1) is 15.1. The molecule has 1 fully saturated rings. The molecule has 0 spiro atoms. The molecule has 6 heteroatoms. The van der Waals surface area contributed by atoms with Crippen molar-refractivity contribution in [3.05, 3.63) is 0 Å². The van der Waals surface area contributed by atoms with Crippen LogP contribution in [0.2, 0.25) is 0 Å². The van der Waals surface area contributed by atoms with Crippen LogP contribution < -0.4 is 5.32 Å². The highest BCUT2D eigenvalue weighted by Gasteiger charge is 2.41. The zero-order valence-electron chi connectivity index (χ0n) is 10.8. The van der Waals surface area contributed by atoms with Crippen LogP contribution in [-0.2, 0) is 20.4 Å². The highest BCUT2D eigenvalue weighted by molar-refractivity contribution is 7.84. The molecule has 1 aliphatic carbocycles. The van der Waals surface area contributed by atoms with Crippen molar-refractivity contribution in [1.82, 2.24) is 5.32 Å². The number of rotatable bonds is 6. The SMILES string of the molecule is CCC1C[C@H](C(=O)NCCS(C)=O)[C@H](C(=O)O)C1. The Labute approximate surface area is 110 Å². The Balaban J connectivity index is 2.54. The van der Waals surface area contributed by atoms with E-state index in [9.17, 15) is 13.8 Å². The second-order valence-corrected chi connectivity index (χ2v) is 6.42. The third-order valence-electron chi connectivity index (χ3n) is 3.58. The Morgan fingerprint density at radius 2 is 1.94 bits per heavy atom. The molecule has 1 saturated carbocycles. The van der Waals surface area contributed by atoms with Crippen LogP contribution in [0.5, 0.6) is 0 Å². The molecular formula is C12H21NO4S. The number of aliphatic carboxylic acids is 1. The molecule has 1 aliphatic rings. The predicted octanol–water partition coefficient (Wildman–Crippen LogP) is 0.618. The van der Waals surface area contributed by atoms with Gasteiger partial charge >= 0.3 is 5.97 Å². The maximum atomic E-state index is 11.9. The average molecular weight is 275 g/mol. The average Bonchev–Trinajstić information content (AvgIpc) is 2.72. The summed E-state index contributed by atoms with van der Waals surface area (Å²) >= 11 is 0. The molecule has 1 rings (SSSR count). The molecule has 0 aromatic carbocycles. The molecule has 0 aromatic heterocycles. The fourth-order valence-electron chi connectivity index (χ4n) is 2.49. The van der Waals surface area contributed by atoms with Crippen LogP contribution in [-0.4, -0.2) is 39.7 Å². The number of amides is 1. The molecular weight excluding hydrogens is 254 g/mol. The standard InChI is InChI=1S/C12H21NO4S/c1-3-8-6-9(10(7-8)12(15)16)11(14)13-4-5-18(2)17/h8-10H,3-7H2,1-2H3,(H,13,14)(H,15,16)/t8?,9-,10+,18?/m0/s1. The molecule has 0 heterocycles. The highest BCUT2D eigenvalue weighted by Crippen LogP contribution is 2.38. The topological polar surface area (TPSA) is 83.5 Å². The summed E-state index contributed by atoms with van der Waals surface area (Å²) in [5.41, 5.74) is 0. The molecule has 0 aromatic rings. The molecule has 5 nitrogen and oxygen atoms in total. The molecule has 0 radical (unpaired) electrons. The van der Waals surface area contributed by atoms with Crippen molar-refractivity contribution in [2.24, 2.45) is 17.8 Å². The Morgan fingerprint density at radius 3 is 2.44 bits per heavy atom. The third-order valence-corrected chi connectivity index (χ3v) is 4.36. The molecule has 1 amide bonds. The Bertz CT molecular complexity index is 345. The molecule has 104 valence electrons. The van der Waals surface area contributed by atoms with Gasteiger partial charge in [0.2, 0.25) is 5.91 Å². The number of carbonyl (C=O) groups is 2. The lowest BCUT2D eigenvalue weighted by molar-refractivity contribution is -0.146. The molecule has 0 saturated heterocycles. The maximum Gasteiger partial charge on any atom is 0.307 e. The van der Waals surface area contributed by atoms with E-state index in [1.165, 1.54) is 0 Å². The lowest BCUT2D eigenvalue weighted by Gasteiger charge is -2.15. The second kappa shape index (κ2) is 6.87. The first-order chi connectivity index (χ1) is 8.45. The van der Waals surface area contributed by atoms with Crippen molar-refractivity contribution < 1.29 is 18.9 Å². The van der Waals surface area contributed by atoms with Crippen LogP contribution >= 0.6 is 0 Å². The van der Waals surface area contributed by atoms with Crippen LogP contribution in [0, 0.1) is 17.8 Å². The third kappa shape index (κ3) is 4.08. The normalized spacial score (nSPS) is 28.9. The van der Waals surface area contributed by atoms with Crippen molar-refractivity contribution in [1.29, 1.82) is 0 Å². The van der Waals surface area contributed by atoms with Crippen LogP contribution in [0.3, 0.4) is 0 Å². The Kier molecular flexibility index (Phi) is 5.78. The predicted molar refractivity (Wildman–Crippen MR) is 69.6 cm³/mol. The van der Waals surface area contributed by atoms with E-state index in [-0.39, 0.29) is 5.91 Å².